The van der Waals surface area contributed by atoms with Gasteiger partial charge in [0.05, 0.1) is 25.9 Å². The second-order valence-corrected chi connectivity index (χ2v) is 8.30. The third kappa shape index (κ3) is 4.17. The SMILES string of the molecule is COc1cc2[nH]c(=S)n(CCNC(=O)c3cc4cc(-c5cn[nH]c5)ccc4[nH]3)c(=N)c2cc1OC. The minimum absolute atomic E-state index is 0.219. The summed E-state index contributed by atoms with van der Waals surface area (Å²) < 4.78 is 12.7. The Kier molecular flexibility index (Phi) is 5.83. The van der Waals surface area contributed by atoms with Gasteiger partial charge in [0.2, 0.25) is 0 Å². The van der Waals surface area contributed by atoms with Crippen LogP contribution in [0.2, 0.25) is 0 Å². The normalized spacial score (nSPS) is 11.1. The lowest BCUT2D eigenvalue weighted by Gasteiger charge is -2.13. The molecular weight excluding hydrogens is 466 g/mol. The summed E-state index contributed by atoms with van der Waals surface area (Å²) in [6.45, 7) is 0.621. The first kappa shape index (κ1) is 22.4. The zero-order valence-corrected chi connectivity index (χ0v) is 19.9. The lowest BCUT2D eigenvalue weighted by molar-refractivity contribution is 0.0948. The van der Waals surface area contributed by atoms with Crippen LogP contribution in [0.5, 0.6) is 11.5 Å². The summed E-state index contributed by atoms with van der Waals surface area (Å²) in [5, 5.41) is 19.9. The van der Waals surface area contributed by atoms with Crippen molar-refractivity contribution in [3.8, 4) is 22.6 Å². The van der Waals surface area contributed by atoms with Crippen molar-refractivity contribution in [2.24, 2.45) is 0 Å². The summed E-state index contributed by atoms with van der Waals surface area (Å²) in [4.78, 5) is 19.1. The minimum atomic E-state index is -0.236. The summed E-state index contributed by atoms with van der Waals surface area (Å²) in [7, 11) is 3.10. The van der Waals surface area contributed by atoms with Crippen molar-refractivity contribution in [3.63, 3.8) is 0 Å². The smallest absolute Gasteiger partial charge is 0.267 e. The number of aromatic nitrogens is 5. The first-order chi connectivity index (χ1) is 17.0. The number of rotatable bonds is 7. The molecule has 1 amide bonds. The van der Waals surface area contributed by atoms with E-state index in [1.165, 1.54) is 0 Å². The fourth-order valence-electron chi connectivity index (χ4n) is 4.04. The molecule has 0 saturated heterocycles. The second-order valence-electron chi connectivity index (χ2n) is 7.91. The van der Waals surface area contributed by atoms with Gasteiger partial charge in [-0.25, -0.2) is 0 Å². The predicted molar refractivity (Wildman–Crippen MR) is 134 cm³/mol. The molecule has 35 heavy (non-hydrogen) atoms. The Labute approximate surface area is 204 Å². The van der Waals surface area contributed by atoms with Gasteiger partial charge in [-0.2, -0.15) is 5.10 Å². The molecule has 0 spiro atoms. The van der Waals surface area contributed by atoms with Crippen LogP contribution in [-0.4, -0.2) is 51.4 Å². The number of methoxy groups -OCH3 is 2. The number of hydrogen-bond donors (Lipinski definition) is 5. The number of nitrogens with one attached hydrogen (secondary N) is 5. The molecule has 0 radical (unpaired) electrons. The first-order valence-electron chi connectivity index (χ1n) is 10.8. The van der Waals surface area contributed by atoms with Gasteiger partial charge in [-0.05, 0) is 42.0 Å². The van der Waals surface area contributed by atoms with Crippen molar-refractivity contribution in [1.82, 2.24) is 30.0 Å². The van der Waals surface area contributed by atoms with Gasteiger partial charge in [-0.15, -0.1) is 0 Å². The number of aromatic amines is 3. The molecule has 11 heteroatoms. The molecule has 0 atom stereocenters. The monoisotopic (exact) mass is 489 g/mol. The van der Waals surface area contributed by atoms with Gasteiger partial charge in [0, 0.05) is 47.2 Å². The van der Waals surface area contributed by atoms with E-state index in [4.69, 9.17) is 27.1 Å². The molecule has 0 fully saturated rings. The fourth-order valence-corrected chi connectivity index (χ4v) is 4.33. The van der Waals surface area contributed by atoms with Crippen molar-refractivity contribution in [1.29, 1.82) is 5.41 Å². The Bertz CT molecular complexity index is 1660. The van der Waals surface area contributed by atoms with E-state index in [2.05, 4.69) is 25.5 Å². The van der Waals surface area contributed by atoms with E-state index in [1.807, 2.05) is 30.5 Å². The molecule has 178 valence electrons. The van der Waals surface area contributed by atoms with Gasteiger partial charge < -0.3 is 29.3 Å². The highest BCUT2D eigenvalue weighted by atomic mass is 32.1. The average Bonchev–Trinajstić information content (AvgIpc) is 3.55. The average molecular weight is 490 g/mol. The second kappa shape index (κ2) is 9.11. The van der Waals surface area contributed by atoms with E-state index in [1.54, 1.807) is 37.1 Å². The topological polar surface area (TPSA) is 137 Å². The highest BCUT2D eigenvalue weighted by molar-refractivity contribution is 7.71. The number of benzene rings is 2. The van der Waals surface area contributed by atoms with Crippen LogP contribution >= 0.6 is 12.2 Å². The van der Waals surface area contributed by atoms with Crippen molar-refractivity contribution in [2.45, 2.75) is 6.54 Å². The maximum Gasteiger partial charge on any atom is 0.267 e. The van der Waals surface area contributed by atoms with Gasteiger partial charge in [-0.3, -0.25) is 15.3 Å². The molecule has 0 aliphatic carbocycles. The number of fused-ring (bicyclic) bond motifs is 2. The van der Waals surface area contributed by atoms with Crippen molar-refractivity contribution >= 4 is 39.9 Å². The van der Waals surface area contributed by atoms with E-state index < -0.39 is 0 Å². The summed E-state index contributed by atoms with van der Waals surface area (Å²) in [6.07, 6.45) is 3.58. The Hall–Kier alpha value is -4.38. The number of ether oxygens (including phenoxy) is 2. The summed E-state index contributed by atoms with van der Waals surface area (Å²) >= 11 is 5.46. The van der Waals surface area contributed by atoms with E-state index in [9.17, 15) is 4.79 Å². The Morgan fingerprint density at radius 2 is 1.89 bits per heavy atom. The van der Waals surface area contributed by atoms with Crippen molar-refractivity contribution < 1.29 is 14.3 Å². The highest BCUT2D eigenvalue weighted by Gasteiger charge is 2.12. The molecule has 3 heterocycles. The zero-order chi connectivity index (χ0) is 24.5. The van der Waals surface area contributed by atoms with E-state index >= 15 is 0 Å². The number of H-pyrrole nitrogens is 3. The molecule has 0 saturated carbocycles. The first-order valence-corrected chi connectivity index (χ1v) is 11.2. The standard InChI is InChI=1S/C24H23N7O3S/c1-33-20-9-16-18(10-21(20)34-2)30-24(35)31(22(16)25)6-5-26-23(32)19-8-14-7-13(3-4-17(14)29-19)15-11-27-28-12-15/h3-4,7-12,25,29H,5-6H2,1-2H3,(H,26,32)(H,27,28)(H,30,35). The van der Waals surface area contributed by atoms with E-state index in [-0.39, 0.29) is 11.4 Å². The number of carbonyl (C=O) groups is 1. The molecule has 0 aliphatic rings. The van der Waals surface area contributed by atoms with Gasteiger partial charge in [0.1, 0.15) is 11.2 Å². The summed E-state index contributed by atoms with van der Waals surface area (Å²) in [5.41, 5.74) is 4.20. The lowest BCUT2D eigenvalue weighted by Crippen LogP contribution is -2.32. The van der Waals surface area contributed by atoms with Crippen LogP contribution in [0.15, 0.2) is 48.8 Å². The maximum atomic E-state index is 12.8. The highest BCUT2D eigenvalue weighted by Crippen LogP contribution is 2.30. The zero-order valence-electron chi connectivity index (χ0n) is 19.1. The lowest BCUT2D eigenvalue weighted by atomic mass is 10.1. The summed E-state index contributed by atoms with van der Waals surface area (Å²) in [6, 6.07) is 11.2. The number of hydrogen-bond acceptors (Lipinski definition) is 6. The van der Waals surface area contributed by atoms with Gasteiger partial charge in [-0.1, -0.05) is 6.07 Å². The molecule has 5 N–H and O–H groups in total. The predicted octanol–water partition coefficient (Wildman–Crippen LogP) is 3.50. The van der Waals surface area contributed by atoms with Gasteiger partial charge >= 0.3 is 0 Å². The van der Waals surface area contributed by atoms with E-state index in [0.717, 1.165) is 22.0 Å². The quantitative estimate of drug-likeness (QED) is 0.223. The molecule has 5 rings (SSSR count). The van der Waals surface area contributed by atoms with Gasteiger partial charge in [0.25, 0.3) is 5.91 Å². The minimum Gasteiger partial charge on any atom is -0.493 e. The maximum absolute atomic E-state index is 12.8. The van der Waals surface area contributed by atoms with Crippen LogP contribution in [0.25, 0.3) is 32.9 Å². The molecule has 3 aromatic heterocycles. The van der Waals surface area contributed by atoms with Crippen LogP contribution in [0.3, 0.4) is 0 Å². The van der Waals surface area contributed by atoms with Crippen molar-refractivity contribution in [3.05, 3.63) is 64.7 Å². The van der Waals surface area contributed by atoms with E-state index in [0.29, 0.717) is 46.0 Å². The molecule has 10 nitrogen and oxygen atoms in total. The number of nitrogens with zero attached hydrogens (tertiary/aromatic N) is 2. The Balaban J connectivity index is 1.33. The third-order valence-corrected chi connectivity index (χ3v) is 6.18. The Morgan fingerprint density at radius 3 is 2.63 bits per heavy atom. The molecule has 0 aliphatic heterocycles. The van der Waals surface area contributed by atoms with Crippen LogP contribution in [0.4, 0.5) is 0 Å². The molecule has 0 unspecified atom stereocenters. The van der Waals surface area contributed by atoms with Crippen LogP contribution in [0, 0.1) is 10.2 Å². The van der Waals surface area contributed by atoms with Gasteiger partial charge in [0.15, 0.2) is 16.3 Å². The molecule has 0 bridgehead atoms. The van der Waals surface area contributed by atoms with Crippen LogP contribution in [-0.2, 0) is 6.54 Å². The number of amides is 1. The molecular formula is C24H23N7O3S. The van der Waals surface area contributed by atoms with Crippen LogP contribution < -0.4 is 20.3 Å². The number of carbonyl (C=O) groups excluding carboxylic acids is 1. The largest absolute Gasteiger partial charge is 0.493 e. The molecule has 2 aromatic carbocycles. The third-order valence-electron chi connectivity index (χ3n) is 5.85. The van der Waals surface area contributed by atoms with Crippen molar-refractivity contribution in [2.75, 3.05) is 20.8 Å². The summed E-state index contributed by atoms with van der Waals surface area (Å²) in [5.74, 6) is 0.833. The fraction of sp³-hybridized carbons (Fsp3) is 0.167. The Morgan fingerprint density at radius 1 is 1.09 bits per heavy atom. The van der Waals surface area contributed by atoms with Crippen LogP contribution in [0.1, 0.15) is 10.5 Å². The molecule has 5 aromatic rings.